The van der Waals surface area contributed by atoms with Crippen LogP contribution in [0.2, 0.25) is 0 Å². The topological polar surface area (TPSA) is 58.6 Å². The predicted molar refractivity (Wildman–Crippen MR) is 54.3 cm³/mol. The van der Waals surface area contributed by atoms with Gasteiger partial charge in [-0.2, -0.15) is 17.8 Å². The van der Waals surface area contributed by atoms with Gasteiger partial charge in [-0.3, -0.25) is 0 Å². The molecule has 1 fully saturated rings. The van der Waals surface area contributed by atoms with Crippen molar-refractivity contribution in [3.05, 3.63) is 30.3 Å². The third kappa shape index (κ3) is 2.54. The summed E-state index contributed by atoms with van der Waals surface area (Å²) in [5, 5.41) is 4.37. The Morgan fingerprint density at radius 3 is 2.60 bits per heavy atom. The maximum Gasteiger partial charge on any atom is 0.313 e. The Kier molecular flexibility index (Phi) is 3.01. The summed E-state index contributed by atoms with van der Waals surface area (Å²) in [6.07, 6.45) is 0. The number of hydrogen-bond donors (Lipinski definition) is 1. The molecular weight excluding hydrogens is 216 g/mol. The van der Waals surface area contributed by atoms with Crippen molar-refractivity contribution in [2.75, 3.05) is 19.8 Å². The van der Waals surface area contributed by atoms with Crippen molar-refractivity contribution in [2.24, 2.45) is 0 Å². The maximum atomic E-state index is 11.7. The summed E-state index contributed by atoms with van der Waals surface area (Å²) in [4.78, 5) is 0.178. The Hall–Kier alpha value is -0.950. The number of hydrogen-bond acceptors (Lipinski definition) is 5. The lowest BCUT2D eigenvalue weighted by atomic mass is 10.4. The van der Waals surface area contributed by atoms with Crippen molar-refractivity contribution >= 4 is 10.1 Å². The molecule has 0 bridgehead atoms. The first-order valence-corrected chi connectivity index (χ1v) is 6.05. The minimum absolute atomic E-state index is 0.178. The molecule has 5 nitrogen and oxygen atoms in total. The monoisotopic (exact) mass is 228 g/mol. The zero-order chi connectivity index (χ0) is 10.7. The molecule has 0 radical (unpaired) electrons. The molecular formula is C9H12N2O3S. The second-order valence-electron chi connectivity index (χ2n) is 3.21. The SMILES string of the molecule is O=S(=O)(ON1CCNC1)c1ccccc1. The number of nitrogens with one attached hydrogen (secondary N) is 1. The van der Waals surface area contributed by atoms with Gasteiger partial charge in [0.2, 0.25) is 0 Å². The zero-order valence-corrected chi connectivity index (χ0v) is 8.90. The fraction of sp³-hybridized carbons (Fsp3) is 0.333. The van der Waals surface area contributed by atoms with Crippen LogP contribution in [-0.4, -0.2) is 33.2 Å². The van der Waals surface area contributed by atoms with Crippen LogP contribution in [0, 0.1) is 0 Å². The molecule has 1 aromatic carbocycles. The van der Waals surface area contributed by atoms with Crippen LogP contribution in [0.3, 0.4) is 0 Å². The lowest BCUT2D eigenvalue weighted by Crippen LogP contribution is -2.26. The van der Waals surface area contributed by atoms with E-state index in [0.717, 1.165) is 6.54 Å². The summed E-state index contributed by atoms with van der Waals surface area (Å²) in [5.74, 6) is 0. The largest absolute Gasteiger partial charge is 0.313 e. The van der Waals surface area contributed by atoms with E-state index in [9.17, 15) is 8.42 Å². The molecule has 0 saturated carbocycles. The van der Waals surface area contributed by atoms with Crippen LogP contribution in [0.4, 0.5) is 0 Å². The fourth-order valence-corrected chi connectivity index (χ4v) is 2.30. The molecule has 0 aromatic heterocycles. The molecule has 0 amide bonds. The molecule has 0 aliphatic carbocycles. The minimum atomic E-state index is -3.66. The van der Waals surface area contributed by atoms with Crippen LogP contribution in [0.15, 0.2) is 35.2 Å². The van der Waals surface area contributed by atoms with Crippen LogP contribution < -0.4 is 5.32 Å². The third-order valence-corrected chi connectivity index (χ3v) is 3.32. The van der Waals surface area contributed by atoms with Crippen molar-refractivity contribution < 1.29 is 12.7 Å². The van der Waals surface area contributed by atoms with Gasteiger partial charge in [-0.05, 0) is 12.1 Å². The molecule has 0 unspecified atom stereocenters. The fourth-order valence-electron chi connectivity index (χ4n) is 1.32. The van der Waals surface area contributed by atoms with E-state index in [1.807, 2.05) is 0 Å². The first-order chi connectivity index (χ1) is 7.18. The summed E-state index contributed by atoms with van der Waals surface area (Å²) < 4.78 is 28.3. The Labute approximate surface area is 88.7 Å². The average molecular weight is 228 g/mol. The highest BCUT2D eigenvalue weighted by atomic mass is 32.2. The van der Waals surface area contributed by atoms with Gasteiger partial charge in [-0.1, -0.05) is 18.2 Å². The van der Waals surface area contributed by atoms with E-state index in [1.165, 1.54) is 17.2 Å². The van der Waals surface area contributed by atoms with Crippen LogP contribution in [-0.2, 0) is 14.4 Å². The molecule has 82 valence electrons. The molecule has 1 aromatic rings. The summed E-state index contributed by atoms with van der Waals surface area (Å²) in [6, 6.07) is 8.12. The van der Waals surface area contributed by atoms with Gasteiger partial charge in [0, 0.05) is 13.1 Å². The molecule has 6 heteroatoms. The van der Waals surface area contributed by atoms with E-state index in [4.69, 9.17) is 4.28 Å². The second-order valence-corrected chi connectivity index (χ2v) is 4.73. The van der Waals surface area contributed by atoms with Gasteiger partial charge in [-0.15, -0.1) is 0 Å². The number of hydroxylamine groups is 2. The Morgan fingerprint density at radius 2 is 2.00 bits per heavy atom. The molecule has 1 aliphatic rings. The van der Waals surface area contributed by atoms with Crippen molar-refractivity contribution in [2.45, 2.75) is 4.90 Å². The first kappa shape index (κ1) is 10.6. The van der Waals surface area contributed by atoms with E-state index < -0.39 is 10.1 Å². The highest BCUT2D eigenvalue weighted by Crippen LogP contribution is 2.13. The van der Waals surface area contributed by atoms with E-state index in [2.05, 4.69) is 5.32 Å². The van der Waals surface area contributed by atoms with Gasteiger partial charge < -0.3 is 5.32 Å². The van der Waals surface area contributed by atoms with Crippen molar-refractivity contribution in [3.8, 4) is 0 Å². The zero-order valence-electron chi connectivity index (χ0n) is 8.09. The molecule has 1 saturated heterocycles. The summed E-state index contributed by atoms with van der Waals surface area (Å²) in [6.45, 7) is 1.75. The van der Waals surface area contributed by atoms with Crippen LogP contribution in [0.1, 0.15) is 0 Å². The molecule has 1 heterocycles. The van der Waals surface area contributed by atoms with Gasteiger partial charge >= 0.3 is 10.1 Å². The minimum Gasteiger partial charge on any atom is -0.301 e. The predicted octanol–water partition coefficient (Wildman–Crippen LogP) is 0.170. The summed E-state index contributed by atoms with van der Waals surface area (Å²) in [7, 11) is -3.66. The van der Waals surface area contributed by atoms with Gasteiger partial charge in [0.15, 0.2) is 0 Å². The summed E-state index contributed by atoms with van der Waals surface area (Å²) in [5.41, 5.74) is 0. The smallest absolute Gasteiger partial charge is 0.301 e. The quantitative estimate of drug-likeness (QED) is 0.799. The van der Waals surface area contributed by atoms with Crippen molar-refractivity contribution in [1.82, 2.24) is 10.4 Å². The lowest BCUT2D eigenvalue weighted by Gasteiger charge is -2.13. The van der Waals surface area contributed by atoms with Crippen molar-refractivity contribution in [3.63, 3.8) is 0 Å². The van der Waals surface area contributed by atoms with Gasteiger partial charge in [0.05, 0.1) is 11.6 Å². The molecule has 0 spiro atoms. The van der Waals surface area contributed by atoms with E-state index in [-0.39, 0.29) is 4.90 Å². The Bertz CT molecular complexity index is 412. The molecule has 2 rings (SSSR count). The standard InChI is InChI=1S/C9H12N2O3S/c12-15(13,9-4-2-1-3-5-9)14-11-7-6-10-8-11/h1-5,10H,6-8H2. The average Bonchev–Trinajstić information content (AvgIpc) is 2.71. The highest BCUT2D eigenvalue weighted by molar-refractivity contribution is 7.86. The molecule has 0 atom stereocenters. The van der Waals surface area contributed by atoms with Crippen molar-refractivity contribution in [1.29, 1.82) is 0 Å². The lowest BCUT2D eigenvalue weighted by molar-refractivity contribution is -0.0281. The molecule has 1 aliphatic heterocycles. The number of benzene rings is 1. The van der Waals surface area contributed by atoms with Gasteiger partial charge in [-0.25, -0.2) is 0 Å². The normalized spacial score (nSPS) is 18.1. The van der Waals surface area contributed by atoms with E-state index >= 15 is 0 Å². The van der Waals surface area contributed by atoms with Gasteiger partial charge in [0.1, 0.15) is 0 Å². The van der Waals surface area contributed by atoms with Gasteiger partial charge in [0.25, 0.3) is 0 Å². The summed E-state index contributed by atoms with van der Waals surface area (Å²) >= 11 is 0. The van der Waals surface area contributed by atoms with Crippen LogP contribution in [0.25, 0.3) is 0 Å². The maximum absolute atomic E-state index is 11.7. The molecule has 15 heavy (non-hydrogen) atoms. The van der Waals surface area contributed by atoms with E-state index in [0.29, 0.717) is 13.2 Å². The third-order valence-electron chi connectivity index (χ3n) is 2.06. The van der Waals surface area contributed by atoms with E-state index in [1.54, 1.807) is 18.2 Å². The number of nitrogens with zero attached hydrogens (tertiary/aromatic N) is 1. The Balaban J connectivity index is 2.13. The Morgan fingerprint density at radius 1 is 1.27 bits per heavy atom. The highest BCUT2D eigenvalue weighted by Gasteiger charge is 2.22. The number of rotatable bonds is 3. The van der Waals surface area contributed by atoms with Crippen LogP contribution in [0.5, 0.6) is 0 Å². The first-order valence-electron chi connectivity index (χ1n) is 4.64. The molecule has 1 N–H and O–H groups in total. The second kappa shape index (κ2) is 4.28. The van der Waals surface area contributed by atoms with Crippen LogP contribution >= 0.6 is 0 Å².